The molecule has 0 aliphatic carbocycles. The minimum absolute atomic E-state index is 0.0733. The average Bonchev–Trinajstić information content (AvgIpc) is 2.51. The van der Waals surface area contributed by atoms with Gasteiger partial charge in [-0.3, -0.25) is 4.79 Å². The molecule has 0 saturated carbocycles. The predicted octanol–water partition coefficient (Wildman–Crippen LogP) is 3.88. The Bertz CT molecular complexity index is 855. The van der Waals surface area contributed by atoms with E-state index in [1.807, 2.05) is 48.5 Å². The largest absolute Gasteiger partial charge is 0.488 e. The van der Waals surface area contributed by atoms with Gasteiger partial charge in [0.05, 0.1) is 5.52 Å². The molecule has 0 saturated heterocycles. The van der Waals surface area contributed by atoms with Gasteiger partial charge in [0.1, 0.15) is 12.4 Å². The first kappa shape index (κ1) is 13.9. The Morgan fingerprint density at radius 2 is 1.81 bits per heavy atom. The number of ether oxygens (including phenoxy) is 1. The lowest BCUT2D eigenvalue weighted by Gasteiger charge is -2.12. The molecule has 0 bridgehead atoms. The molecular weight excluding hydrogens is 330 g/mol. The number of halogens is 1. The van der Waals surface area contributed by atoms with Gasteiger partial charge in [-0.25, -0.2) is 0 Å². The average molecular weight is 344 g/mol. The molecule has 0 radical (unpaired) electrons. The maximum Gasteiger partial charge on any atom is 0.254 e. The molecule has 2 aromatic carbocycles. The normalized spacial score (nSPS) is 10.8. The minimum Gasteiger partial charge on any atom is -0.488 e. The highest BCUT2D eigenvalue weighted by Gasteiger charge is 2.08. The summed E-state index contributed by atoms with van der Waals surface area (Å²) in [4.78, 5) is 12.0. The van der Waals surface area contributed by atoms with E-state index in [0.717, 1.165) is 20.9 Å². The molecular formula is C17H14BrNO2. The van der Waals surface area contributed by atoms with Crippen LogP contribution in [0, 0.1) is 0 Å². The number of hydrogen-bond donors (Lipinski definition) is 0. The van der Waals surface area contributed by atoms with Crippen molar-refractivity contribution in [2.75, 3.05) is 0 Å². The molecule has 106 valence electrons. The van der Waals surface area contributed by atoms with Crippen LogP contribution in [-0.2, 0) is 13.7 Å². The lowest BCUT2D eigenvalue weighted by molar-refractivity contribution is 0.308. The SMILES string of the molecule is Cn1c(=O)cc(OCc2ccccc2Br)c2ccccc21. The quantitative estimate of drug-likeness (QED) is 0.722. The third kappa shape index (κ3) is 2.72. The summed E-state index contributed by atoms with van der Waals surface area (Å²) in [5.74, 6) is 0.615. The Kier molecular flexibility index (Phi) is 3.80. The van der Waals surface area contributed by atoms with Crippen LogP contribution >= 0.6 is 15.9 Å². The lowest BCUT2D eigenvalue weighted by atomic mass is 10.2. The third-order valence-corrected chi connectivity index (χ3v) is 4.23. The van der Waals surface area contributed by atoms with Crippen LogP contribution < -0.4 is 10.3 Å². The second kappa shape index (κ2) is 5.74. The van der Waals surface area contributed by atoms with Crippen molar-refractivity contribution in [3.05, 3.63) is 75.0 Å². The molecule has 0 aliphatic heterocycles. The molecule has 1 aromatic heterocycles. The number of rotatable bonds is 3. The smallest absolute Gasteiger partial charge is 0.254 e. The third-order valence-electron chi connectivity index (χ3n) is 3.46. The highest BCUT2D eigenvalue weighted by atomic mass is 79.9. The molecule has 0 fully saturated rings. The Morgan fingerprint density at radius 1 is 1.10 bits per heavy atom. The van der Waals surface area contributed by atoms with Gasteiger partial charge in [0.15, 0.2) is 0 Å². The van der Waals surface area contributed by atoms with Gasteiger partial charge in [0.2, 0.25) is 0 Å². The number of benzene rings is 2. The summed E-state index contributed by atoms with van der Waals surface area (Å²) in [6.45, 7) is 0.415. The molecule has 21 heavy (non-hydrogen) atoms. The van der Waals surface area contributed by atoms with Gasteiger partial charge in [-0.05, 0) is 18.2 Å². The Balaban J connectivity index is 2.00. The molecule has 3 rings (SSSR count). The van der Waals surface area contributed by atoms with Crippen molar-refractivity contribution in [3.63, 3.8) is 0 Å². The zero-order valence-electron chi connectivity index (χ0n) is 11.5. The van der Waals surface area contributed by atoms with E-state index >= 15 is 0 Å². The molecule has 1 heterocycles. The second-order valence-corrected chi connectivity index (χ2v) is 5.66. The Morgan fingerprint density at radius 3 is 2.62 bits per heavy atom. The number of nitrogens with zero attached hydrogens (tertiary/aromatic N) is 1. The predicted molar refractivity (Wildman–Crippen MR) is 87.7 cm³/mol. The number of pyridine rings is 1. The van der Waals surface area contributed by atoms with E-state index in [2.05, 4.69) is 15.9 Å². The van der Waals surface area contributed by atoms with Crippen molar-refractivity contribution in [1.82, 2.24) is 4.57 Å². The monoisotopic (exact) mass is 343 g/mol. The second-order valence-electron chi connectivity index (χ2n) is 4.80. The summed E-state index contributed by atoms with van der Waals surface area (Å²) in [5.41, 5.74) is 1.84. The first-order valence-corrected chi connectivity index (χ1v) is 7.41. The van der Waals surface area contributed by atoms with Crippen LogP contribution in [0.2, 0.25) is 0 Å². The van der Waals surface area contributed by atoms with E-state index in [0.29, 0.717) is 12.4 Å². The van der Waals surface area contributed by atoms with Crippen LogP contribution in [0.25, 0.3) is 10.9 Å². The van der Waals surface area contributed by atoms with Crippen molar-refractivity contribution in [1.29, 1.82) is 0 Å². The topological polar surface area (TPSA) is 31.2 Å². The molecule has 0 aliphatic rings. The molecule has 4 heteroatoms. The molecule has 0 spiro atoms. The van der Waals surface area contributed by atoms with E-state index in [9.17, 15) is 4.79 Å². The summed E-state index contributed by atoms with van der Waals surface area (Å²) in [6.07, 6.45) is 0. The molecule has 0 unspecified atom stereocenters. The van der Waals surface area contributed by atoms with Crippen LogP contribution in [0.1, 0.15) is 5.56 Å². The fourth-order valence-corrected chi connectivity index (χ4v) is 2.67. The number of aromatic nitrogens is 1. The number of para-hydroxylation sites is 1. The number of fused-ring (bicyclic) bond motifs is 1. The highest BCUT2D eigenvalue weighted by molar-refractivity contribution is 9.10. The number of hydrogen-bond acceptors (Lipinski definition) is 2. The maximum absolute atomic E-state index is 12.0. The lowest BCUT2D eigenvalue weighted by Crippen LogP contribution is -2.16. The summed E-state index contributed by atoms with van der Waals surface area (Å²) in [5, 5.41) is 0.937. The van der Waals surface area contributed by atoms with Crippen LogP contribution in [0.4, 0.5) is 0 Å². The molecule has 0 atom stereocenters. The van der Waals surface area contributed by atoms with Gasteiger partial charge in [0, 0.05) is 28.5 Å². The maximum atomic E-state index is 12.0. The summed E-state index contributed by atoms with van der Waals surface area (Å²) in [7, 11) is 1.77. The fraction of sp³-hybridized carbons (Fsp3) is 0.118. The van der Waals surface area contributed by atoms with E-state index in [1.54, 1.807) is 17.7 Å². The summed E-state index contributed by atoms with van der Waals surface area (Å²) in [6, 6.07) is 17.2. The Hall–Kier alpha value is -2.07. The van der Waals surface area contributed by atoms with Gasteiger partial charge >= 0.3 is 0 Å². The zero-order valence-corrected chi connectivity index (χ0v) is 13.1. The fourth-order valence-electron chi connectivity index (χ4n) is 2.27. The zero-order chi connectivity index (χ0) is 14.8. The van der Waals surface area contributed by atoms with Crippen LogP contribution in [-0.4, -0.2) is 4.57 Å². The van der Waals surface area contributed by atoms with Crippen molar-refractivity contribution in [2.45, 2.75) is 6.61 Å². The molecule has 3 aromatic rings. The van der Waals surface area contributed by atoms with Gasteiger partial charge < -0.3 is 9.30 Å². The van der Waals surface area contributed by atoms with E-state index in [-0.39, 0.29) is 5.56 Å². The molecule has 0 N–H and O–H groups in total. The standard InChI is InChI=1S/C17H14BrNO2/c1-19-15-9-5-3-7-13(15)16(10-17(19)20)21-11-12-6-2-4-8-14(12)18/h2-10H,11H2,1H3. The van der Waals surface area contributed by atoms with Crippen LogP contribution in [0.5, 0.6) is 5.75 Å². The van der Waals surface area contributed by atoms with Gasteiger partial charge in [-0.1, -0.05) is 46.3 Å². The first-order valence-electron chi connectivity index (χ1n) is 6.62. The summed E-state index contributed by atoms with van der Waals surface area (Å²) >= 11 is 3.50. The van der Waals surface area contributed by atoms with Gasteiger partial charge in [-0.15, -0.1) is 0 Å². The minimum atomic E-state index is -0.0733. The van der Waals surface area contributed by atoms with Crippen LogP contribution in [0.15, 0.2) is 63.9 Å². The van der Waals surface area contributed by atoms with Crippen molar-refractivity contribution in [3.8, 4) is 5.75 Å². The highest BCUT2D eigenvalue weighted by Crippen LogP contribution is 2.25. The first-order chi connectivity index (χ1) is 10.2. The number of aryl methyl sites for hydroxylation is 1. The van der Waals surface area contributed by atoms with Crippen molar-refractivity contribution >= 4 is 26.8 Å². The van der Waals surface area contributed by atoms with E-state index < -0.39 is 0 Å². The van der Waals surface area contributed by atoms with Crippen molar-refractivity contribution < 1.29 is 4.74 Å². The van der Waals surface area contributed by atoms with E-state index in [1.165, 1.54) is 0 Å². The Labute approximate surface area is 130 Å². The van der Waals surface area contributed by atoms with E-state index in [4.69, 9.17) is 4.74 Å². The van der Waals surface area contributed by atoms with Gasteiger partial charge in [-0.2, -0.15) is 0 Å². The van der Waals surface area contributed by atoms with Gasteiger partial charge in [0.25, 0.3) is 5.56 Å². The van der Waals surface area contributed by atoms with Crippen LogP contribution in [0.3, 0.4) is 0 Å². The van der Waals surface area contributed by atoms with Crippen molar-refractivity contribution in [2.24, 2.45) is 7.05 Å². The summed E-state index contributed by atoms with van der Waals surface area (Å²) < 4.78 is 8.50. The molecule has 3 nitrogen and oxygen atoms in total. The molecule has 0 amide bonds.